The van der Waals surface area contributed by atoms with Gasteiger partial charge < -0.3 is 20.1 Å². The topological polar surface area (TPSA) is 87.6 Å². The third-order valence-corrected chi connectivity index (χ3v) is 4.03. The number of carboxylic acid groups (broad SMARTS) is 1. The van der Waals surface area contributed by atoms with Crippen molar-refractivity contribution >= 4 is 17.6 Å². The number of hydrogen-bond acceptors (Lipinski definition) is 5. The molecule has 0 bridgehead atoms. The minimum atomic E-state index is -0.910. The molecule has 0 spiro atoms. The summed E-state index contributed by atoms with van der Waals surface area (Å²) in [6, 6.07) is 6.38. The molecule has 1 fully saturated rings. The molecule has 132 valence electrons. The largest absolute Gasteiger partial charge is 0.474 e. The molecule has 1 aromatic heterocycles. The van der Waals surface area contributed by atoms with Crippen LogP contribution in [0.25, 0.3) is 0 Å². The Bertz CT molecular complexity index is 763. The highest BCUT2D eigenvalue weighted by atomic mass is 19.1. The lowest BCUT2D eigenvalue weighted by Crippen LogP contribution is -2.41. The molecule has 1 aromatic carbocycles. The van der Waals surface area contributed by atoms with Crippen LogP contribution >= 0.6 is 0 Å². The van der Waals surface area contributed by atoms with Crippen LogP contribution < -0.4 is 10.1 Å². The number of nitrogens with one attached hydrogen (secondary N) is 1. The van der Waals surface area contributed by atoms with E-state index in [1.807, 2.05) is 6.92 Å². The van der Waals surface area contributed by atoms with Crippen LogP contribution in [0.1, 0.15) is 18.4 Å². The first-order valence-corrected chi connectivity index (χ1v) is 8.01. The third kappa shape index (κ3) is 4.34. The molecule has 1 aliphatic rings. The predicted molar refractivity (Wildman–Crippen MR) is 89.7 cm³/mol. The van der Waals surface area contributed by atoms with E-state index in [1.54, 1.807) is 18.2 Å². The number of piperidine rings is 1. The zero-order valence-corrected chi connectivity index (χ0v) is 13.8. The molecule has 2 heterocycles. The van der Waals surface area contributed by atoms with Crippen molar-refractivity contribution in [1.29, 1.82) is 0 Å². The summed E-state index contributed by atoms with van der Waals surface area (Å²) in [5, 5.41) is 11.9. The van der Waals surface area contributed by atoms with E-state index in [1.165, 1.54) is 17.3 Å². The van der Waals surface area contributed by atoms with Crippen LogP contribution in [0.3, 0.4) is 0 Å². The van der Waals surface area contributed by atoms with E-state index in [-0.39, 0.29) is 11.9 Å². The van der Waals surface area contributed by atoms with E-state index >= 15 is 0 Å². The number of hydrogen-bond donors (Lipinski definition) is 2. The van der Waals surface area contributed by atoms with Crippen molar-refractivity contribution in [2.24, 2.45) is 0 Å². The van der Waals surface area contributed by atoms with E-state index < -0.39 is 6.09 Å². The Balaban J connectivity index is 1.64. The van der Waals surface area contributed by atoms with Gasteiger partial charge in [-0.2, -0.15) is 0 Å². The Morgan fingerprint density at radius 2 is 2.08 bits per heavy atom. The summed E-state index contributed by atoms with van der Waals surface area (Å²) in [5.74, 6) is 0.435. The first kappa shape index (κ1) is 16.9. The molecule has 8 heteroatoms. The van der Waals surface area contributed by atoms with Crippen molar-refractivity contribution in [3.63, 3.8) is 0 Å². The summed E-state index contributed by atoms with van der Waals surface area (Å²) in [7, 11) is 0. The SMILES string of the molecule is Cc1ccc(F)c(Nc2cc(OC3CCN(C(=O)O)CC3)ncn2)c1. The van der Waals surface area contributed by atoms with Crippen molar-refractivity contribution in [1.82, 2.24) is 14.9 Å². The quantitative estimate of drug-likeness (QED) is 0.884. The molecule has 0 radical (unpaired) electrons. The molecule has 25 heavy (non-hydrogen) atoms. The Labute approximate surface area is 144 Å². The first-order valence-electron chi connectivity index (χ1n) is 8.01. The number of benzene rings is 1. The Morgan fingerprint density at radius 1 is 1.32 bits per heavy atom. The Kier molecular flexibility index (Phi) is 4.97. The highest BCUT2D eigenvalue weighted by Crippen LogP contribution is 2.23. The average molecular weight is 346 g/mol. The predicted octanol–water partition coefficient (Wildman–Crippen LogP) is 3.19. The zero-order chi connectivity index (χ0) is 17.8. The van der Waals surface area contributed by atoms with Crippen LogP contribution in [0.2, 0.25) is 0 Å². The molecule has 0 unspecified atom stereocenters. The van der Waals surface area contributed by atoms with Gasteiger partial charge in [0.25, 0.3) is 0 Å². The van der Waals surface area contributed by atoms with E-state index in [2.05, 4.69) is 15.3 Å². The van der Waals surface area contributed by atoms with Gasteiger partial charge in [-0.15, -0.1) is 0 Å². The number of anilines is 2. The molecule has 2 N–H and O–H groups in total. The van der Waals surface area contributed by atoms with E-state index in [4.69, 9.17) is 9.84 Å². The normalized spacial score (nSPS) is 15.0. The number of amides is 1. The molecule has 1 amide bonds. The number of carbonyl (C=O) groups is 1. The van der Waals surface area contributed by atoms with Gasteiger partial charge in [0.05, 0.1) is 5.69 Å². The lowest BCUT2D eigenvalue weighted by atomic mass is 10.1. The summed E-state index contributed by atoms with van der Waals surface area (Å²) >= 11 is 0. The summed E-state index contributed by atoms with van der Waals surface area (Å²) in [5.41, 5.74) is 1.26. The lowest BCUT2D eigenvalue weighted by Gasteiger charge is -2.29. The van der Waals surface area contributed by atoms with Gasteiger partial charge in [0, 0.05) is 32.0 Å². The summed E-state index contributed by atoms with van der Waals surface area (Å²) < 4.78 is 19.7. The van der Waals surface area contributed by atoms with Crippen molar-refractivity contribution in [2.75, 3.05) is 18.4 Å². The zero-order valence-electron chi connectivity index (χ0n) is 13.8. The molecular formula is C17H19FN4O3. The number of aromatic nitrogens is 2. The second kappa shape index (κ2) is 7.33. The lowest BCUT2D eigenvalue weighted by molar-refractivity contribution is 0.0870. The average Bonchev–Trinajstić information content (AvgIpc) is 2.59. The van der Waals surface area contributed by atoms with E-state index in [0.717, 1.165) is 5.56 Å². The molecule has 1 saturated heterocycles. The van der Waals surface area contributed by atoms with Crippen LogP contribution in [0.15, 0.2) is 30.6 Å². The monoisotopic (exact) mass is 346 g/mol. The van der Waals surface area contributed by atoms with E-state index in [0.29, 0.717) is 43.3 Å². The minimum Gasteiger partial charge on any atom is -0.474 e. The number of nitrogens with zero attached hydrogens (tertiary/aromatic N) is 3. The number of halogens is 1. The summed E-state index contributed by atoms with van der Waals surface area (Å²) in [6.07, 6.45) is 1.54. The number of rotatable bonds is 4. The van der Waals surface area contributed by atoms with Gasteiger partial charge in [0.1, 0.15) is 24.1 Å². The first-order chi connectivity index (χ1) is 12.0. The molecule has 0 atom stereocenters. The summed E-state index contributed by atoms with van der Waals surface area (Å²) in [4.78, 5) is 20.4. The minimum absolute atomic E-state index is 0.103. The molecule has 0 aliphatic carbocycles. The van der Waals surface area contributed by atoms with Crippen molar-refractivity contribution < 1.29 is 19.0 Å². The van der Waals surface area contributed by atoms with Gasteiger partial charge in [-0.25, -0.2) is 19.2 Å². The summed E-state index contributed by atoms with van der Waals surface area (Å²) in [6.45, 7) is 2.75. The number of ether oxygens (including phenoxy) is 1. The molecular weight excluding hydrogens is 327 g/mol. The maximum absolute atomic E-state index is 13.8. The fraction of sp³-hybridized carbons (Fsp3) is 0.353. The van der Waals surface area contributed by atoms with E-state index in [9.17, 15) is 9.18 Å². The van der Waals surface area contributed by atoms with Gasteiger partial charge >= 0.3 is 6.09 Å². The Hall–Kier alpha value is -2.90. The molecule has 3 rings (SSSR count). The highest BCUT2D eigenvalue weighted by Gasteiger charge is 2.23. The second-order valence-corrected chi connectivity index (χ2v) is 5.94. The highest BCUT2D eigenvalue weighted by molar-refractivity contribution is 5.65. The van der Waals surface area contributed by atoms with Gasteiger partial charge in [-0.1, -0.05) is 6.07 Å². The number of aryl methyl sites for hydroxylation is 1. The van der Waals surface area contributed by atoms with Crippen molar-refractivity contribution in [3.8, 4) is 5.88 Å². The molecule has 7 nitrogen and oxygen atoms in total. The standard InChI is InChI=1S/C17H19FN4O3/c1-11-2-3-13(18)14(8-11)21-15-9-16(20-10-19-15)25-12-4-6-22(7-5-12)17(23)24/h2-3,8-10,12H,4-7H2,1H3,(H,23,24)(H,19,20,21). The second-order valence-electron chi connectivity index (χ2n) is 5.94. The Morgan fingerprint density at radius 3 is 2.80 bits per heavy atom. The van der Waals surface area contributed by atoms with Crippen LogP contribution in [-0.2, 0) is 0 Å². The molecule has 0 saturated carbocycles. The smallest absolute Gasteiger partial charge is 0.407 e. The van der Waals surface area contributed by atoms with Crippen LogP contribution in [0, 0.1) is 12.7 Å². The molecule has 1 aliphatic heterocycles. The maximum Gasteiger partial charge on any atom is 0.407 e. The third-order valence-electron chi connectivity index (χ3n) is 4.03. The van der Waals surface area contributed by atoms with Gasteiger partial charge in [0.2, 0.25) is 5.88 Å². The maximum atomic E-state index is 13.8. The van der Waals surface area contributed by atoms with Gasteiger partial charge in [0.15, 0.2) is 0 Å². The fourth-order valence-electron chi connectivity index (χ4n) is 2.68. The van der Waals surface area contributed by atoms with Crippen LogP contribution in [0.5, 0.6) is 5.88 Å². The van der Waals surface area contributed by atoms with Crippen molar-refractivity contribution in [2.45, 2.75) is 25.9 Å². The molecule has 2 aromatic rings. The van der Waals surface area contributed by atoms with Gasteiger partial charge in [-0.05, 0) is 24.6 Å². The fourth-order valence-corrected chi connectivity index (χ4v) is 2.68. The van der Waals surface area contributed by atoms with Crippen LogP contribution in [0.4, 0.5) is 20.7 Å². The van der Waals surface area contributed by atoms with Gasteiger partial charge in [-0.3, -0.25) is 0 Å². The number of likely N-dealkylation sites (tertiary alicyclic amines) is 1. The van der Waals surface area contributed by atoms with Crippen molar-refractivity contribution in [3.05, 3.63) is 42.0 Å². The van der Waals surface area contributed by atoms with Crippen LogP contribution in [-0.4, -0.2) is 45.3 Å².